The molecular weight excluding hydrogens is 307 g/mol. The fourth-order valence-electron chi connectivity index (χ4n) is 2.06. The number of carbonyl (C=O) groups is 1. The molecule has 5 nitrogen and oxygen atoms in total. The van der Waals surface area contributed by atoms with Crippen molar-refractivity contribution in [2.75, 3.05) is 10.6 Å². The van der Waals surface area contributed by atoms with E-state index in [-0.39, 0.29) is 11.5 Å². The van der Waals surface area contributed by atoms with Gasteiger partial charge in [-0.2, -0.15) is 0 Å². The number of amides is 1. The van der Waals surface area contributed by atoms with E-state index in [1.54, 1.807) is 6.07 Å². The Hall–Kier alpha value is -3.28. The van der Waals surface area contributed by atoms with Gasteiger partial charge in [0, 0.05) is 17.4 Å². The van der Waals surface area contributed by atoms with Gasteiger partial charge in [-0.1, -0.05) is 17.7 Å². The lowest BCUT2D eigenvalue weighted by molar-refractivity contribution is 0.102. The summed E-state index contributed by atoms with van der Waals surface area (Å²) in [5.41, 5.74) is 2.73. The van der Waals surface area contributed by atoms with Crippen LogP contribution in [0.25, 0.3) is 0 Å². The van der Waals surface area contributed by atoms with Crippen molar-refractivity contribution in [1.82, 2.24) is 9.97 Å². The average Bonchev–Trinajstić information content (AvgIpc) is 2.59. The van der Waals surface area contributed by atoms with Crippen LogP contribution in [0.4, 0.5) is 21.6 Å². The molecule has 0 saturated carbocycles. The quantitative estimate of drug-likeness (QED) is 0.764. The summed E-state index contributed by atoms with van der Waals surface area (Å²) in [4.78, 5) is 20.3. The first-order valence-electron chi connectivity index (χ1n) is 7.33. The first-order chi connectivity index (χ1) is 11.6. The Morgan fingerprint density at radius 2 is 1.62 bits per heavy atom. The first-order valence-corrected chi connectivity index (χ1v) is 7.33. The van der Waals surface area contributed by atoms with E-state index >= 15 is 0 Å². The monoisotopic (exact) mass is 322 g/mol. The number of halogens is 1. The van der Waals surface area contributed by atoms with Crippen LogP contribution in [0.5, 0.6) is 0 Å². The zero-order valence-electron chi connectivity index (χ0n) is 13.0. The van der Waals surface area contributed by atoms with Crippen LogP contribution in [0, 0.1) is 12.7 Å². The van der Waals surface area contributed by atoms with Crippen molar-refractivity contribution in [3.8, 4) is 0 Å². The molecule has 1 amide bonds. The predicted octanol–water partition coefficient (Wildman–Crippen LogP) is 3.92. The Kier molecular flexibility index (Phi) is 4.47. The van der Waals surface area contributed by atoms with Crippen LogP contribution in [0.2, 0.25) is 0 Å². The number of carbonyl (C=O) groups excluding carboxylic acids is 1. The van der Waals surface area contributed by atoms with Gasteiger partial charge in [-0.3, -0.25) is 4.79 Å². The molecular formula is C18H15FN4O. The van der Waals surface area contributed by atoms with Crippen LogP contribution in [0.15, 0.2) is 60.9 Å². The predicted molar refractivity (Wildman–Crippen MR) is 90.8 cm³/mol. The molecule has 24 heavy (non-hydrogen) atoms. The summed E-state index contributed by atoms with van der Waals surface area (Å²) in [5, 5.41) is 5.78. The van der Waals surface area contributed by atoms with E-state index in [1.807, 2.05) is 31.2 Å². The normalized spacial score (nSPS) is 10.2. The molecule has 0 spiro atoms. The number of anilines is 3. The number of hydrogen-bond acceptors (Lipinski definition) is 4. The van der Waals surface area contributed by atoms with E-state index in [0.717, 1.165) is 11.3 Å². The lowest BCUT2D eigenvalue weighted by Crippen LogP contribution is -2.14. The maximum absolute atomic E-state index is 12.9. The molecule has 6 heteroatoms. The largest absolute Gasteiger partial charge is 0.340 e. The van der Waals surface area contributed by atoms with Crippen molar-refractivity contribution >= 4 is 23.1 Å². The molecule has 3 aromatic rings. The zero-order valence-corrected chi connectivity index (χ0v) is 13.0. The number of benzene rings is 2. The highest BCUT2D eigenvalue weighted by molar-refractivity contribution is 6.03. The molecule has 0 bridgehead atoms. The standard InChI is InChI=1S/C18H15FN4O/c1-12-2-6-14(7-3-12)22-17-10-16(20-11-21-17)18(24)23-15-8-4-13(19)5-9-15/h2-11H,1H3,(H,23,24)(H,20,21,22). The van der Waals surface area contributed by atoms with Crippen LogP contribution in [-0.2, 0) is 0 Å². The van der Waals surface area contributed by atoms with Crippen molar-refractivity contribution in [3.05, 3.63) is 78.0 Å². The molecule has 0 fully saturated rings. The summed E-state index contributed by atoms with van der Waals surface area (Å²) in [6.07, 6.45) is 1.32. The average molecular weight is 322 g/mol. The Labute approximate surface area is 138 Å². The number of hydrogen-bond donors (Lipinski definition) is 2. The van der Waals surface area contributed by atoms with Gasteiger partial charge in [-0.05, 0) is 43.3 Å². The minimum atomic E-state index is -0.393. The van der Waals surface area contributed by atoms with Gasteiger partial charge in [0.05, 0.1) is 0 Å². The van der Waals surface area contributed by atoms with Crippen LogP contribution < -0.4 is 10.6 Å². The summed E-state index contributed by atoms with van der Waals surface area (Å²) in [5.74, 6) is -0.242. The molecule has 0 aliphatic carbocycles. The third kappa shape index (κ3) is 3.92. The van der Waals surface area contributed by atoms with Gasteiger partial charge in [0.15, 0.2) is 0 Å². The van der Waals surface area contributed by atoms with E-state index in [9.17, 15) is 9.18 Å². The van der Waals surface area contributed by atoms with Crippen molar-refractivity contribution in [2.45, 2.75) is 6.92 Å². The molecule has 2 N–H and O–H groups in total. The summed E-state index contributed by atoms with van der Waals surface area (Å²) in [6.45, 7) is 2.01. The Morgan fingerprint density at radius 1 is 0.958 bits per heavy atom. The first kappa shape index (κ1) is 15.6. The highest BCUT2D eigenvalue weighted by atomic mass is 19.1. The molecule has 3 rings (SSSR count). The Bertz CT molecular complexity index is 848. The summed E-state index contributed by atoms with van der Waals surface area (Å²) >= 11 is 0. The lowest BCUT2D eigenvalue weighted by atomic mass is 10.2. The zero-order chi connectivity index (χ0) is 16.9. The molecule has 0 saturated heterocycles. The minimum Gasteiger partial charge on any atom is -0.340 e. The number of aromatic nitrogens is 2. The van der Waals surface area contributed by atoms with E-state index in [0.29, 0.717) is 11.5 Å². The highest BCUT2D eigenvalue weighted by Gasteiger charge is 2.09. The van der Waals surface area contributed by atoms with Crippen LogP contribution in [-0.4, -0.2) is 15.9 Å². The van der Waals surface area contributed by atoms with Gasteiger partial charge in [-0.15, -0.1) is 0 Å². The molecule has 0 unspecified atom stereocenters. The van der Waals surface area contributed by atoms with Gasteiger partial charge < -0.3 is 10.6 Å². The second-order valence-electron chi connectivity index (χ2n) is 5.24. The maximum atomic E-state index is 12.9. The minimum absolute atomic E-state index is 0.212. The second kappa shape index (κ2) is 6.87. The second-order valence-corrected chi connectivity index (χ2v) is 5.24. The molecule has 0 atom stereocenters. The van der Waals surface area contributed by atoms with E-state index in [2.05, 4.69) is 20.6 Å². The van der Waals surface area contributed by atoms with Crippen molar-refractivity contribution < 1.29 is 9.18 Å². The van der Waals surface area contributed by atoms with E-state index < -0.39 is 5.91 Å². The van der Waals surface area contributed by atoms with E-state index in [1.165, 1.54) is 30.6 Å². The molecule has 0 aliphatic rings. The number of nitrogens with one attached hydrogen (secondary N) is 2. The highest BCUT2D eigenvalue weighted by Crippen LogP contribution is 2.16. The van der Waals surface area contributed by atoms with Crippen LogP contribution in [0.1, 0.15) is 16.1 Å². The van der Waals surface area contributed by atoms with Crippen LogP contribution in [0.3, 0.4) is 0 Å². The Morgan fingerprint density at radius 3 is 2.33 bits per heavy atom. The molecule has 0 radical (unpaired) electrons. The molecule has 2 aromatic carbocycles. The van der Waals surface area contributed by atoms with Crippen molar-refractivity contribution in [1.29, 1.82) is 0 Å². The third-order valence-corrected chi connectivity index (χ3v) is 3.33. The topological polar surface area (TPSA) is 66.9 Å². The van der Waals surface area contributed by atoms with E-state index in [4.69, 9.17) is 0 Å². The summed E-state index contributed by atoms with van der Waals surface area (Å²) in [7, 11) is 0. The fraction of sp³-hybridized carbons (Fsp3) is 0.0556. The number of nitrogens with zero attached hydrogens (tertiary/aromatic N) is 2. The van der Waals surface area contributed by atoms with Gasteiger partial charge >= 0.3 is 0 Å². The Balaban J connectivity index is 1.73. The summed E-state index contributed by atoms with van der Waals surface area (Å²) in [6, 6.07) is 14.9. The van der Waals surface area contributed by atoms with Gasteiger partial charge in [0.25, 0.3) is 5.91 Å². The van der Waals surface area contributed by atoms with Gasteiger partial charge in [0.2, 0.25) is 0 Å². The van der Waals surface area contributed by atoms with Crippen molar-refractivity contribution in [2.24, 2.45) is 0 Å². The molecule has 1 heterocycles. The number of aryl methyl sites for hydroxylation is 1. The fourth-order valence-corrected chi connectivity index (χ4v) is 2.06. The molecule has 1 aromatic heterocycles. The maximum Gasteiger partial charge on any atom is 0.274 e. The number of rotatable bonds is 4. The smallest absolute Gasteiger partial charge is 0.274 e. The molecule has 120 valence electrons. The third-order valence-electron chi connectivity index (χ3n) is 3.33. The van der Waals surface area contributed by atoms with Gasteiger partial charge in [0.1, 0.15) is 23.7 Å². The van der Waals surface area contributed by atoms with Crippen molar-refractivity contribution in [3.63, 3.8) is 0 Å². The SMILES string of the molecule is Cc1ccc(Nc2cc(C(=O)Nc3ccc(F)cc3)ncn2)cc1. The summed E-state index contributed by atoms with van der Waals surface area (Å²) < 4.78 is 12.9. The lowest BCUT2D eigenvalue weighted by Gasteiger charge is -2.08. The van der Waals surface area contributed by atoms with Gasteiger partial charge in [-0.25, -0.2) is 14.4 Å². The van der Waals surface area contributed by atoms with Crippen LogP contribution >= 0.6 is 0 Å². The molecule has 0 aliphatic heterocycles.